The average Bonchev–Trinajstić information content (AvgIpc) is 2.69. The molecule has 1 aromatic heterocycles. The highest BCUT2D eigenvalue weighted by Gasteiger charge is 2.14. The van der Waals surface area contributed by atoms with Crippen LogP contribution in [0.2, 0.25) is 0 Å². The maximum atomic E-state index is 5.16. The topological polar surface area (TPSA) is 9.23 Å². The lowest BCUT2D eigenvalue weighted by Crippen LogP contribution is -1.90. The second kappa shape index (κ2) is 5.55. The zero-order valence-corrected chi connectivity index (χ0v) is 13.5. The molecule has 0 aliphatic carbocycles. The summed E-state index contributed by atoms with van der Waals surface area (Å²) < 4.78 is 6.36. The number of hydrogen-bond donors (Lipinski definition) is 0. The third-order valence-corrected chi connectivity index (χ3v) is 6.06. The first kappa shape index (κ1) is 13.1. The van der Waals surface area contributed by atoms with Crippen LogP contribution in [0, 0.1) is 6.92 Å². The Bertz CT molecular complexity index is 485. The highest BCUT2D eigenvalue weighted by atomic mass is 79.9. The number of rotatable bonds is 3. The number of methoxy groups -OCH3 is 1. The molecule has 1 heterocycles. The molecule has 2 rings (SSSR count). The molecule has 1 atom stereocenters. The first-order valence-electron chi connectivity index (χ1n) is 5.15. The number of halogens is 2. The average molecular weight is 376 g/mol. The van der Waals surface area contributed by atoms with E-state index in [1.807, 2.05) is 12.1 Å². The van der Waals surface area contributed by atoms with Crippen LogP contribution in [0.1, 0.15) is 20.8 Å². The number of aryl methyl sites for hydroxylation is 1. The molecule has 17 heavy (non-hydrogen) atoms. The molecular formula is C13H12Br2OS. The van der Waals surface area contributed by atoms with Crippen LogP contribution in [0.4, 0.5) is 0 Å². The Kier molecular flexibility index (Phi) is 4.28. The molecule has 0 fully saturated rings. The van der Waals surface area contributed by atoms with E-state index in [-0.39, 0.29) is 4.83 Å². The van der Waals surface area contributed by atoms with Crippen molar-refractivity contribution in [2.45, 2.75) is 11.8 Å². The van der Waals surface area contributed by atoms with E-state index >= 15 is 0 Å². The van der Waals surface area contributed by atoms with Gasteiger partial charge in [-0.15, -0.1) is 11.3 Å². The Morgan fingerprint density at radius 3 is 2.35 bits per heavy atom. The predicted molar refractivity (Wildman–Crippen MR) is 80.5 cm³/mol. The fourth-order valence-corrected chi connectivity index (χ4v) is 3.84. The zero-order valence-electron chi connectivity index (χ0n) is 9.54. The van der Waals surface area contributed by atoms with Crippen LogP contribution in [0.15, 0.2) is 34.1 Å². The maximum absolute atomic E-state index is 5.16. The lowest BCUT2D eigenvalue weighted by atomic mass is 10.1. The lowest BCUT2D eigenvalue weighted by Gasteiger charge is -2.08. The first-order valence-corrected chi connectivity index (χ1v) is 7.68. The van der Waals surface area contributed by atoms with E-state index < -0.39 is 0 Å². The van der Waals surface area contributed by atoms with Gasteiger partial charge in [-0.25, -0.2) is 0 Å². The summed E-state index contributed by atoms with van der Waals surface area (Å²) in [7, 11) is 1.68. The summed E-state index contributed by atoms with van der Waals surface area (Å²) >= 11 is 9.06. The number of alkyl halides is 1. The van der Waals surface area contributed by atoms with Crippen molar-refractivity contribution in [2.24, 2.45) is 0 Å². The normalized spacial score (nSPS) is 12.5. The van der Waals surface area contributed by atoms with Crippen molar-refractivity contribution in [3.8, 4) is 5.75 Å². The summed E-state index contributed by atoms with van der Waals surface area (Å²) in [5.41, 5.74) is 2.52. The van der Waals surface area contributed by atoms with Crippen LogP contribution >= 0.6 is 43.2 Å². The van der Waals surface area contributed by atoms with Crippen LogP contribution in [0.25, 0.3) is 0 Å². The quantitative estimate of drug-likeness (QED) is 0.660. The van der Waals surface area contributed by atoms with E-state index in [4.69, 9.17) is 4.74 Å². The van der Waals surface area contributed by atoms with Crippen molar-refractivity contribution >= 4 is 43.2 Å². The van der Waals surface area contributed by atoms with Crippen molar-refractivity contribution in [3.63, 3.8) is 0 Å². The molecule has 0 radical (unpaired) electrons. The van der Waals surface area contributed by atoms with Gasteiger partial charge in [-0.2, -0.15) is 0 Å². The van der Waals surface area contributed by atoms with Gasteiger partial charge in [-0.1, -0.05) is 28.1 Å². The molecule has 90 valence electrons. The van der Waals surface area contributed by atoms with Gasteiger partial charge in [0.15, 0.2) is 0 Å². The minimum atomic E-state index is 0.239. The standard InChI is InChI=1S/C13H12Br2OS/c1-8-7-11(17-13(8)15)12(14)9-3-5-10(16-2)6-4-9/h3-7,12H,1-2H3. The largest absolute Gasteiger partial charge is 0.497 e. The maximum Gasteiger partial charge on any atom is 0.118 e. The molecule has 0 amide bonds. The molecule has 0 aliphatic heterocycles. The molecule has 0 bridgehead atoms. The van der Waals surface area contributed by atoms with Crippen molar-refractivity contribution < 1.29 is 4.74 Å². The zero-order chi connectivity index (χ0) is 12.4. The molecule has 0 aliphatic rings. The van der Waals surface area contributed by atoms with Gasteiger partial charge in [-0.05, 0) is 52.2 Å². The summed E-state index contributed by atoms with van der Waals surface area (Å²) in [6, 6.07) is 10.3. The Hall–Kier alpha value is -0.320. The monoisotopic (exact) mass is 374 g/mol. The highest BCUT2D eigenvalue weighted by Crippen LogP contribution is 2.39. The van der Waals surface area contributed by atoms with Crippen LogP contribution < -0.4 is 4.74 Å². The summed E-state index contributed by atoms with van der Waals surface area (Å²) in [4.78, 5) is 1.54. The lowest BCUT2D eigenvalue weighted by molar-refractivity contribution is 0.414. The fraction of sp³-hybridized carbons (Fsp3) is 0.231. The van der Waals surface area contributed by atoms with Gasteiger partial charge >= 0.3 is 0 Å². The Labute approximate surface area is 122 Å². The smallest absolute Gasteiger partial charge is 0.118 e. The third-order valence-electron chi connectivity index (χ3n) is 2.53. The summed E-state index contributed by atoms with van der Waals surface area (Å²) in [5, 5.41) is 0. The van der Waals surface area contributed by atoms with Crippen LogP contribution in [-0.2, 0) is 0 Å². The van der Waals surface area contributed by atoms with Gasteiger partial charge in [0, 0.05) is 4.88 Å². The summed E-state index contributed by atoms with van der Waals surface area (Å²) in [6.45, 7) is 2.11. The van der Waals surface area contributed by atoms with Crippen molar-refractivity contribution in [2.75, 3.05) is 7.11 Å². The molecule has 0 saturated heterocycles. The van der Waals surface area contributed by atoms with Crippen molar-refractivity contribution in [1.82, 2.24) is 0 Å². The van der Waals surface area contributed by atoms with Crippen LogP contribution in [-0.4, -0.2) is 7.11 Å². The molecule has 1 aromatic carbocycles. The Balaban J connectivity index is 2.26. The molecular weight excluding hydrogens is 364 g/mol. The minimum Gasteiger partial charge on any atom is -0.497 e. The van der Waals surface area contributed by atoms with Gasteiger partial charge in [0.05, 0.1) is 15.7 Å². The molecule has 2 aromatic rings. The number of hydrogen-bond acceptors (Lipinski definition) is 2. The predicted octanol–water partition coefficient (Wildman–Crippen LogP) is 5.31. The molecule has 0 N–H and O–H groups in total. The first-order chi connectivity index (χ1) is 8.11. The molecule has 4 heteroatoms. The second-order valence-corrected chi connectivity index (χ2v) is 7.06. The fourth-order valence-electron chi connectivity index (χ4n) is 1.55. The van der Waals surface area contributed by atoms with Gasteiger partial charge in [-0.3, -0.25) is 0 Å². The van der Waals surface area contributed by atoms with E-state index in [9.17, 15) is 0 Å². The van der Waals surface area contributed by atoms with E-state index in [0.717, 1.165) is 5.75 Å². The van der Waals surface area contributed by atoms with Crippen molar-refractivity contribution in [3.05, 3.63) is 50.1 Å². The summed E-state index contributed by atoms with van der Waals surface area (Å²) in [6.07, 6.45) is 0. The highest BCUT2D eigenvalue weighted by molar-refractivity contribution is 9.11. The van der Waals surface area contributed by atoms with Gasteiger partial charge in [0.25, 0.3) is 0 Å². The van der Waals surface area contributed by atoms with Gasteiger partial charge < -0.3 is 4.74 Å². The molecule has 1 nitrogen and oxygen atoms in total. The second-order valence-electron chi connectivity index (χ2n) is 3.74. The van der Waals surface area contributed by atoms with E-state index in [2.05, 4.69) is 57.0 Å². The molecule has 0 saturated carbocycles. The van der Waals surface area contributed by atoms with Crippen LogP contribution in [0.3, 0.4) is 0 Å². The Morgan fingerprint density at radius 2 is 1.88 bits per heavy atom. The SMILES string of the molecule is COc1ccc(C(Br)c2cc(C)c(Br)s2)cc1. The van der Waals surface area contributed by atoms with E-state index in [1.54, 1.807) is 18.4 Å². The Morgan fingerprint density at radius 1 is 1.24 bits per heavy atom. The summed E-state index contributed by atoms with van der Waals surface area (Å²) in [5.74, 6) is 0.886. The van der Waals surface area contributed by atoms with Crippen molar-refractivity contribution in [1.29, 1.82) is 0 Å². The van der Waals surface area contributed by atoms with E-state index in [0.29, 0.717) is 0 Å². The molecule has 1 unspecified atom stereocenters. The number of thiophene rings is 1. The third kappa shape index (κ3) is 2.92. The van der Waals surface area contributed by atoms with Gasteiger partial charge in [0.2, 0.25) is 0 Å². The molecule has 0 spiro atoms. The van der Waals surface area contributed by atoms with E-state index in [1.165, 1.54) is 19.8 Å². The minimum absolute atomic E-state index is 0.239. The van der Waals surface area contributed by atoms with Gasteiger partial charge in [0.1, 0.15) is 5.75 Å². The number of benzene rings is 1. The number of ether oxygens (including phenoxy) is 1. The van der Waals surface area contributed by atoms with Crippen LogP contribution in [0.5, 0.6) is 5.75 Å².